The minimum atomic E-state index is -0.842. The van der Waals surface area contributed by atoms with E-state index in [-0.39, 0.29) is 18.5 Å². The second-order valence-electron chi connectivity index (χ2n) is 26.3. The zero-order valence-corrected chi connectivity index (χ0v) is 57.4. The number of carbonyl (C=O) groups excluding carboxylic acids is 2. The van der Waals surface area contributed by atoms with Crippen LogP contribution in [-0.4, -0.2) is 47.4 Å². The molecule has 0 heterocycles. The van der Waals surface area contributed by atoms with Crippen molar-refractivity contribution in [1.29, 1.82) is 0 Å². The second kappa shape index (κ2) is 74.3. The second-order valence-corrected chi connectivity index (χ2v) is 26.3. The van der Waals surface area contributed by atoms with Gasteiger partial charge in [0.25, 0.3) is 0 Å². The van der Waals surface area contributed by atoms with Crippen molar-refractivity contribution in [2.24, 2.45) is 0 Å². The average molecular weight is 1190 g/mol. The van der Waals surface area contributed by atoms with Gasteiger partial charge in [-0.2, -0.15) is 0 Å². The largest absolute Gasteiger partial charge is 0.466 e. The van der Waals surface area contributed by atoms with Gasteiger partial charge in [-0.1, -0.05) is 364 Å². The monoisotopic (exact) mass is 1190 g/mol. The molecular weight excluding hydrogens is 1040 g/mol. The fourth-order valence-electron chi connectivity index (χ4n) is 12.0. The molecule has 500 valence electrons. The summed E-state index contributed by atoms with van der Waals surface area (Å²) in [7, 11) is 0. The van der Waals surface area contributed by atoms with Crippen molar-refractivity contribution in [3.8, 4) is 0 Å². The summed E-state index contributed by atoms with van der Waals surface area (Å²) in [5.74, 6) is -0.0492. The van der Waals surface area contributed by atoms with E-state index in [4.69, 9.17) is 4.74 Å². The first kappa shape index (κ1) is 82.8. The molecule has 0 aliphatic rings. The van der Waals surface area contributed by atoms with E-state index >= 15 is 0 Å². The van der Waals surface area contributed by atoms with Crippen LogP contribution in [0, 0.1) is 0 Å². The Morgan fingerprint density at radius 1 is 0.329 bits per heavy atom. The molecule has 6 nitrogen and oxygen atoms in total. The molecule has 0 aromatic rings. The van der Waals surface area contributed by atoms with Gasteiger partial charge in [0.15, 0.2) is 0 Å². The van der Waals surface area contributed by atoms with Crippen LogP contribution in [0.4, 0.5) is 0 Å². The maximum atomic E-state index is 12.5. The van der Waals surface area contributed by atoms with Gasteiger partial charge in [-0.3, -0.25) is 9.59 Å². The molecule has 0 fully saturated rings. The molecule has 0 aliphatic heterocycles. The van der Waals surface area contributed by atoms with Crippen LogP contribution in [0.15, 0.2) is 48.6 Å². The highest BCUT2D eigenvalue weighted by molar-refractivity contribution is 5.76. The number of hydrogen-bond acceptors (Lipinski definition) is 5. The van der Waals surface area contributed by atoms with E-state index in [1.807, 2.05) is 6.08 Å². The SMILES string of the molecule is CCCCCC/C=C\C/C=C\CCCCCCCCCC(=O)OCCCCCCCCCCCCCCCC/C=C\CCCCCCCCCCCCCCCCCCCC(=O)NC(CO)C(O)/C=C/CCCCCCCCCCCCCCC. The van der Waals surface area contributed by atoms with Gasteiger partial charge in [0, 0.05) is 12.8 Å². The van der Waals surface area contributed by atoms with E-state index in [2.05, 4.69) is 55.6 Å². The lowest BCUT2D eigenvalue weighted by Crippen LogP contribution is -2.45. The molecule has 0 saturated carbocycles. The van der Waals surface area contributed by atoms with Crippen molar-refractivity contribution in [3.05, 3.63) is 48.6 Å². The summed E-state index contributed by atoms with van der Waals surface area (Å²) in [4.78, 5) is 24.6. The fourth-order valence-corrected chi connectivity index (χ4v) is 12.0. The summed E-state index contributed by atoms with van der Waals surface area (Å²) in [6, 6.07) is -0.625. The van der Waals surface area contributed by atoms with Gasteiger partial charge in [-0.15, -0.1) is 0 Å². The standard InChI is InChI=1S/C79H149NO5/c1-3-5-7-9-11-13-15-17-19-20-41-45-49-53-57-61-65-69-73-79(84)85-74-70-66-62-58-54-50-46-42-39-37-35-33-31-29-27-25-23-21-22-24-26-28-30-32-34-36-38-40-44-48-52-56-60-64-68-72-78(83)80-76(75-81)77(82)71-67-63-59-55-51-47-43-18-16-14-12-10-8-6-4-2/h13,15,19-20,23,25,67,71,76-77,81-82H,3-12,14,16-18,21-22,24,26-66,68-70,72-75H2,1-2H3,(H,80,83)/b15-13-,20-19-,25-23-,71-67+. The number of esters is 1. The molecule has 6 heteroatoms. The molecule has 1 amide bonds. The smallest absolute Gasteiger partial charge is 0.305 e. The van der Waals surface area contributed by atoms with Gasteiger partial charge in [0.1, 0.15) is 0 Å². The van der Waals surface area contributed by atoms with Crippen LogP contribution in [-0.2, 0) is 14.3 Å². The summed E-state index contributed by atoms with van der Waals surface area (Å²) in [6.45, 7) is 4.92. The lowest BCUT2D eigenvalue weighted by molar-refractivity contribution is -0.143. The van der Waals surface area contributed by atoms with Crippen molar-refractivity contribution in [3.63, 3.8) is 0 Å². The number of carbonyl (C=O) groups is 2. The molecule has 2 unspecified atom stereocenters. The molecule has 0 radical (unpaired) electrons. The number of allylic oxidation sites excluding steroid dienone is 7. The van der Waals surface area contributed by atoms with Crippen LogP contribution >= 0.6 is 0 Å². The minimum Gasteiger partial charge on any atom is -0.466 e. The Bertz CT molecular complexity index is 1420. The normalized spacial score (nSPS) is 12.8. The topological polar surface area (TPSA) is 95.9 Å². The number of rotatable bonds is 72. The van der Waals surface area contributed by atoms with Crippen molar-refractivity contribution in [2.45, 2.75) is 431 Å². The number of ether oxygens (including phenoxy) is 1. The lowest BCUT2D eigenvalue weighted by Gasteiger charge is -2.20. The summed E-state index contributed by atoms with van der Waals surface area (Å²) in [6.07, 6.45) is 98.0. The number of aliphatic hydroxyl groups is 2. The minimum absolute atomic E-state index is 0.0129. The van der Waals surface area contributed by atoms with Gasteiger partial charge >= 0.3 is 5.97 Å². The average Bonchev–Trinajstić information content (AvgIpc) is 3.52. The Hall–Kier alpha value is -2.18. The Morgan fingerprint density at radius 3 is 0.918 bits per heavy atom. The third kappa shape index (κ3) is 70.8. The highest BCUT2D eigenvalue weighted by atomic mass is 16.5. The number of aliphatic hydroxyl groups excluding tert-OH is 2. The summed E-state index contributed by atoms with van der Waals surface area (Å²) >= 11 is 0. The molecule has 85 heavy (non-hydrogen) atoms. The molecule has 0 aromatic heterocycles. The predicted molar refractivity (Wildman–Crippen MR) is 375 cm³/mol. The summed E-state index contributed by atoms with van der Waals surface area (Å²) < 4.78 is 5.51. The van der Waals surface area contributed by atoms with Crippen molar-refractivity contribution in [1.82, 2.24) is 5.32 Å². The highest BCUT2D eigenvalue weighted by Crippen LogP contribution is 2.19. The van der Waals surface area contributed by atoms with E-state index in [1.54, 1.807) is 6.08 Å². The molecule has 3 N–H and O–H groups in total. The first-order valence-electron chi connectivity index (χ1n) is 38.4. The first-order chi connectivity index (χ1) is 42.0. The molecule has 0 aliphatic carbocycles. The van der Waals surface area contributed by atoms with Gasteiger partial charge in [-0.05, 0) is 89.9 Å². The Kier molecular flexibility index (Phi) is 72.4. The number of nitrogens with one attached hydrogen (secondary N) is 1. The Morgan fingerprint density at radius 2 is 0.588 bits per heavy atom. The lowest BCUT2D eigenvalue weighted by atomic mass is 10.0. The fraction of sp³-hybridized carbons (Fsp3) is 0.873. The zero-order chi connectivity index (χ0) is 61.3. The number of unbranched alkanes of at least 4 members (excludes halogenated alkanes) is 55. The molecule has 0 saturated heterocycles. The zero-order valence-electron chi connectivity index (χ0n) is 57.4. The van der Waals surface area contributed by atoms with Crippen molar-refractivity contribution < 1.29 is 24.5 Å². The maximum Gasteiger partial charge on any atom is 0.305 e. The van der Waals surface area contributed by atoms with Crippen LogP contribution in [0.3, 0.4) is 0 Å². The van der Waals surface area contributed by atoms with E-state index in [0.717, 1.165) is 51.4 Å². The van der Waals surface area contributed by atoms with Crippen molar-refractivity contribution >= 4 is 11.9 Å². The van der Waals surface area contributed by atoms with E-state index in [9.17, 15) is 19.8 Å². The van der Waals surface area contributed by atoms with Crippen LogP contribution in [0.1, 0.15) is 418 Å². The quantitative estimate of drug-likeness (QED) is 0.0320. The Labute approximate surface area is 531 Å². The third-order valence-electron chi connectivity index (χ3n) is 17.8. The third-order valence-corrected chi connectivity index (χ3v) is 17.8. The molecule has 0 rings (SSSR count). The Balaban J connectivity index is 3.35. The predicted octanol–water partition coefficient (Wildman–Crippen LogP) is 25.2. The molecule has 2 atom stereocenters. The van der Waals surface area contributed by atoms with E-state index in [1.165, 1.54) is 340 Å². The summed E-state index contributed by atoms with van der Waals surface area (Å²) in [5, 5.41) is 23.2. The van der Waals surface area contributed by atoms with Crippen LogP contribution in [0.2, 0.25) is 0 Å². The number of amides is 1. The van der Waals surface area contributed by atoms with E-state index < -0.39 is 12.1 Å². The first-order valence-corrected chi connectivity index (χ1v) is 38.4. The number of hydrogen-bond donors (Lipinski definition) is 3. The van der Waals surface area contributed by atoms with Crippen LogP contribution in [0.5, 0.6) is 0 Å². The van der Waals surface area contributed by atoms with Crippen molar-refractivity contribution in [2.75, 3.05) is 13.2 Å². The van der Waals surface area contributed by atoms with Gasteiger partial charge in [-0.25, -0.2) is 0 Å². The summed E-state index contributed by atoms with van der Waals surface area (Å²) in [5.41, 5.74) is 0. The van der Waals surface area contributed by atoms with Crippen LogP contribution < -0.4 is 5.32 Å². The van der Waals surface area contributed by atoms with Gasteiger partial charge < -0.3 is 20.3 Å². The highest BCUT2D eigenvalue weighted by Gasteiger charge is 2.18. The van der Waals surface area contributed by atoms with Gasteiger partial charge in [0.05, 0.1) is 25.4 Å². The van der Waals surface area contributed by atoms with E-state index in [0.29, 0.717) is 19.4 Å². The van der Waals surface area contributed by atoms with Crippen LogP contribution in [0.25, 0.3) is 0 Å². The molecule has 0 spiro atoms. The molecule has 0 aromatic carbocycles. The van der Waals surface area contributed by atoms with Gasteiger partial charge in [0.2, 0.25) is 5.91 Å². The molecule has 0 bridgehead atoms. The maximum absolute atomic E-state index is 12.5. The molecular formula is C79H149NO5.